The van der Waals surface area contributed by atoms with Crippen molar-refractivity contribution in [3.8, 4) is 5.75 Å². The number of amides is 1. The number of likely N-dealkylation sites (N-methyl/N-ethyl adjacent to an activating group) is 1. The Kier molecular flexibility index (Phi) is 6.19. The number of benzene rings is 2. The van der Waals surface area contributed by atoms with Crippen LogP contribution in [0.2, 0.25) is 0 Å². The van der Waals surface area contributed by atoms with Crippen LogP contribution < -0.4 is 10.1 Å². The van der Waals surface area contributed by atoms with Gasteiger partial charge < -0.3 is 15.0 Å². The first-order valence-electron chi connectivity index (χ1n) is 7.35. The molecule has 1 N–H and O–H groups in total. The fourth-order valence-electron chi connectivity index (χ4n) is 2.34. The Labute approximate surface area is 145 Å². The lowest BCUT2D eigenvalue weighted by atomic mass is 10.1. The van der Waals surface area contributed by atoms with Gasteiger partial charge in [-0.15, -0.1) is 0 Å². The van der Waals surface area contributed by atoms with Crippen LogP contribution >= 0.6 is 15.9 Å². The molecule has 0 heterocycles. The summed E-state index contributed by atoms with van der Waals surface area (Å²) in [6.45, 7) is 0.523. The standard InChI is InChI=1S/C18H21BrN2O2/c1-21(2)17(14-5-4-6-16(11-14)23-3)12-20-18(22)13-7-9-15(19)10-8-13/h4-11,17H,12H2,1-3H3,(H,20,22). The molecule has 0 saturated heterocycles. The first-order chi connectivity index (χ1) is 11.0. The number of carbonyl (C=O) groups excluding carboxylic acids is 1. The van der Waals surface area contributed by atoms with Gasteiger partial charge in [0.25, 0.3) is 5.91 Å². The fourth-order valence-corrected chi connectivity index (χ4v) is 2.60. The Morgan fingerprint density at radius 2 is 1.91 bits per heavy atom. The molecule has 0 aliphatic heterocycles. The van der Waals surface area contributed by atoms with Crippen molar-refractivity contribution in [1.82, 2.24) is 10.2 Å². The van der Waals surface area contributed by atoms with Crippen LogP contribution in [0.3, 0.4) is 0 Å². The molecule has 0 bridgehead atoms. The summed E-state index contributed by atoms with van der Waals surface area (Å²) in [5.41, 5.74) is 1.75. The van der Waals surface area contributed by atoms with Crippen molar-refractivity contribution in [2.75, 3.05) is 27.7 Å². The smallest absolute Gasteiger partial charge is 0.251 e. The fraction of sp³-hybridized carbons (Fsp3) is 0.278. The summed E-state index contributed by atoms with van der Waals surface area (Å²) >= 11 is 3.37. The molecule has 5 heteroatoms. The van der Waals surface area contributed by atoms with Gasteiger partial charge in [0.2, 0.25) is 0 Å². The second kappa shape index (κ2) is 8.13. The molecule has 0 spiro atoms. The SMILES string of the molecule is COc1cccc(C(CNC(=O)c2ccc(Br)cc2)N(C)C)c1. The van der Waals surface area contributed by atoms with Crippen molar-refractivity contribution in [3.05, 3.63) is 64.1 Å². The molecule has 1 amide bonds. The number of nitrogens with one attached hydrogen (secondary N) is 1. The molecule has 1 atom stereocenters. The third-order valence-corrected chi connectivity index (χ3v) is 4.19. The third kappa shape index (κ3) is 4.81. The summed E-state index contributed by atoms with van der Waals surface area (Å²) in [4.78, 5) is 14.3. The van der Waals surface area contributed by atoms with E-state index in [0.717, 1.165) is 15.8 Å². The average molecular weight is 377 g/mol. The summed E-state index contributed by atoms with van der Waals surface area (Å²) in [6.07, 6.45) is 0. The first-order valence-corrected chi connectivity index (χ1v) is 8.14. The minimum absolute atomic E-state index is 0.0736. The second-order valence-corrected chi connectivity index (χ2v) is 6.39. The van der Waals surface area contributed by atoms with Gasteiger partial charge in [0.05, 0.1) is 13.2 Å². The highest BCUT2D eigenvalue weighted by atomic mass is 79.9. The quantitative estimate of drug-likeness (QED) is 0.838. The molecular weight excluding hydrogens is 356 g/mol. The van der Waals surface area contributed by atoms with Gasteiger partial charge in [-0.05, 0) is 56.1 Å². The molecule has 0 aliphatic rings. The van der Waals surface area contributed by atoms with Crippen molar-refractivity contribution >= 4 is 21.8 Å². The van der Waals surface area contributed by atoms with E-state index in [1.165, 1.54) is 0 Å². The molecule has 0 fully saturated rings. The first kappa shape index (κ1) is 17.5. The molecule has 0 aliphatic carbocycles. The molecule has 2 aromatic rings. The molecule has 23 heavy (non-hydrogen) atoms. The highest BCUT2D eigenvalue weighted by molar-refractivity contribution is 9.10. The summed E-state index contributed by atoms with van der Waals surface area (Å²) in [7, 11) is 5.64. The third-order valence-electron chi connectivity index (χ3n) is 3.66. The maximum Gasteiger partial charge on any atom is 0.251 e. The lowest BCUT2D eigenvalue weighted by Gasteiger charge is -2.25. The number of nitrogens with zero attached hydrogens (tertiary/aromatic N) is 1. The second-order valence-electron chi connectivity index (χ2n) is 5.47. The Morgan fingerprint density at radius 3 is 2.52 bits per heavy atom. The molecule has 1 unspecified atom stereocenters. The molecule has 0 aromatic heterocycles. The van der Waals surface area contributed by atoms with E-state index < -0.39 is 0 Å². The van der Waals surface area contributed by atoms with Crippen LogP contribution in [0.4, 0.5) is 0 Å². The number of methoxy groups -OCH3 is 1. The Morgan fingerprint density at radius 1 is 1.22 bits per heavy atom. The van der Waals surface area contributed by atoms with Crippen molar-refractivity contribution in [3.63, 3.8) is 0 Å². The van der Waals surface area contributed by atoms with E-state index in [2.05, 4.69) is 26.1 Å². The van der Waals surface area contributed by atoms with Crippen LogP contribution in [-0.2, 0) is 0 Å². The van der Waals surface area contributed by atoms with E-state index >= 15 is 0 Å². The Balaban J connectivity index is 2.07. The average Bonchev–Trinajstić information content (AvgIpc) is 2.55. The summed E-state index contributed by atoms with van der Waals surface area (Å²) in [5.74, 6) is 0.737. The van der Waals surface area contributed by atoms with E-state index in [1.807, 2.05) is 50.5 Å². The molecule has 0 radical (unpaired) electrons. The number of hydrogen-bond acceptors (Lipinski definition) is 3. The molecule has 4 nitrogen and oxygen atoms in total. The molecular formula is C18H21BrN2O2. The maximum atomic E-state index is 12.3. The lowest BCUT2D eigenvalue weighted by Crippen LogP contribution is -2.34. The monoisotopic (exact) mass is 376 g/mol. The van der Waals surface area contributed by atoms with Crippen molar-refractivity contribution in [2.24, 2.45) is 0 Å². The zero-order valence-corrected chi connectivity index (χ0v) is 15.1. The van der Waals surface area contributed by atoms with E-state index in [9.17, 15) is 4.79 Å². The predicted molar refractivity (Wildman–Crippen MR) is 95.9 cm³/mol. The Hall–Kier alpha value is -1.85. The number of halogens is 1. The van der Waals surface area contributed by atoms with Gasteiger partial charge in [0, 0.05) is 16.6 Å². The highest BCUT2D eigenvalue weighted by Crippen LogP contribution is 2.22. The van der Waals surface area contributed by atoms with Crippen molar-refractivity contribution < 1.29 is 9.53 Å². The maximum absolute atomic E-state index is 12.3. The van der Waals surface area contributed by atoms with Crippen LogP contribution in [-0.4, -0.2) is 38.6 Å². The van der Waals surface area contributed by atoms with Crippen LogP contribution in [0.5, 0.6) is 5.75 Å². The van der Waals surface area contributed by atoms with Gasteiger partial charge in [-0.2, -0.15) is 0 Å². The van der Waals surface area contributed by atoms with Gasteiger partial charge in [0.1, 0.15) is 5.75 Å². The number of rotatable bonds is 6. The zero-order chi connectivity index (χ0) is 16.8. The van der Waals surface area contributed by atoms with Crippen LogP contribution in [0, 0.1) is 0 Å². The minimum Gasteiger partial charge on any atom is -0.497 e. The van der Waals surface area contributed by atoms with E-state index in [1.54, 1.807) is 19.2 Å². The molecule has 2 aromatic carbocycles. The lowest BCUT2D eigenvalue weighted by molar-refractivity contribution is 0.0942. The summed E-state index contributed by atoms with van der Waals surface area (Å²) in [6, 6.07) is 15.3. The normalized spacial score (nSPS) is 12.0. The van der Waals surface area contributed by atoms with Crippen molar-refractivity contribution in [1.29, 1.82) is 0 Å². The van der Waals surface area contributed by atoms with E-state index in [4.69, 9.17) is 4.74 Å². The Bertz CT molecular complexity index is 656. The predicted octanol–water partition coefficient (Wildman–Crippen LogP) is 3.49. The topological polar surface area (TPSA) is 41.6 Å². The number of carbonyl (C=O) groups is 1. The summed E-state index contributed by atoms with van der Waals surface area (Å²) in [5, 5.41) is 3.00. The molecule has 0 saturated carbocycles. The largest absolute Gasteiger partial charge is 0.497 e. The zero-order valence-electron chi connectivity index (χ0n) is 13.5. The van der Waals surface area contributed by atoms with Crippen LogP contribution in [0.25, 0.3) is 0 Å². The van der Waals surface area contributed by atoms with Crippen LogP contribution in [0.15, 0.2) is 53.0 Å². The highest BCUT2D eigenvalue weighted by Gasteiger charge is 2.16. The van der Waals surface area contributed by atoms with Gasteiger partial charge in [-0.25, -0.2) is 0 Å². The molecule has 122 valence electrons. The van der Waals surface area contributed by atoms with E-state index in [-0.39, 0.29) is 11.9 Å². The molecule has 2 rings (SSSR count). The number of hydrogen-bond donors (Lipinski definition) is 1. The van der Waals surface area contributed by atoms with Gasteiger partial charge in [-0.3, -0.25) is 4.79 Å². The number of ether oxygens (including phenoxy) is 1. The van der Waals surface area contributed by atoms with Gasteiger partial charge >= 0.3 is 0 Å². The van der Waals surface area contributed by atoms with Crippen molar-refractivity contribution in [2.45, 2.75) is 6.04 Å². The van der Waals surface area contributed by atoms with Gasteiger partial charge in [-0.1, -0.05) is 28.1 Å². The summed E-state index contributed by atoms with van der Waals surface area (Å²) < 4.78 is 6.24. The minimum atomic E-state index is -0.0766. The van der Waals surface area contributed by atoms with Crippen LogP contribution in [0.1, 0.15) is 22.0 Å². The van der Waals surface area contributed by atoms with E-state index in [0.29, 0.717) is 12.1 Å². The van der Waals surface area contributed by atoms with Gasteiger partial charge in [0.15, 0.2) is 0 Å².